The van der Waals surface area contributed by atoms with E-state index >= 15 is 0 Å². The van der Waals surface area contributed by atoms with Crippen molar-refractivity contribution in [2.75, 3.05) is 24.9 Å². The summed E-state index contributed by atoms with van der Waals surface area (Å²) in [7, 11) is 2.88. The molecule has 0 heterocycles. The van der Waals surface area contributed by atoms with Crippen LogP contribution in [0, 0.1) is 0 Å². The van der Waals surface area contributed by atoms with Crippen LogP contribution in [0.1, 0.15) is 41.4 Å². The molecule has 0 aliphatic rings. The smallest absolute Gasteiger partial charge is 0.255 e. The van der Waals surface area contributed by atoms with Crippen molar-refractivity contribution in [2.45, 2.75) is 0 Å². The van der Waals surface area contributed by atoms with E-state index in [9.17, 15) is 19.2 Å². The fourth-order valence-corrected chi connectivity index (χ4v) is 3.70. The van der Waals surface area contributed by atoms with Crippen molar-refractivity contribution in [3.05, 3.63) is 119 Å². The first-order chi connectivity index (χ1) is 18.4. The molecule has 0 atom stereocenters. The van der Waals surface area contributed by atoms with Gasteiger partial charge >= 0.3 is 0 Å². The van der Waals surface area contributed by atoms with Gasteiger partial charge in [-0.2, -0.15) is 0 Å². The molecule has 4 aromatic rings. The van der Waals surface area contributed by atoms with Gasteiger partial charge in [0, 0.05) is 34.4 Å². The number of Topliss-reactive ketones (excluding diaryl/α,β-unsaturated/α-hetero) is 2. The van der Waals surface area contributed by atoms with Crippen molar-refractivity contribution in [1.82, 2.24) is 0 Å². The molecule has 0 aliphatic heterocycles. The Morgan fingerprint density at radius 1 is 0.500 bits per heavy atom. The van der Waals surface area contributed by atoms with Gasteiger partial charge in [0.2, 0.25) is 11.6 Å². The standard InChI is InChI=1S/C30H24N2O6/c1-37-25-18-24(26(38-2)17-23(25)31-29(35)21-11-7-4-8-12-21)32-30(36)22-15-13-20(14-16-22)28(34)27(33)19-9-5-3-6-10-19/h3-18H,1-2H3,(H,31,35)(H,32,36). The lowest BCUT2D eigenvalue weighted by Gasteiger charge is -2.16. The topological polar surface area (TPSA) is 111 Å². The maximum Gasteiger partial charge on any atom is 0.255 e. The predicted molar refractivity (Wildman–Crippen MR) is 143 cm³/mol. The Kier molecular flexibility index (Phi) is 7.93. The Morgan fingerprint density at radius 2 is 0.842 bits per heavy atom. The number of rotatable bonds is 9. The highest BCUT2D eigenvalue weighted by Gasteiger charge is 2.20. The first kappa shape index (κ1) is 25.8. The normalized spacial score (nSPS) is 10.3. The van der Waals surface area contributed by atoms with E-state index in [1.807, 2.05) is 6.07 Å². The van der Waals surface area contributed by atoms with E-state index in [0.717, 1.165) is 0 Å². The van der Waals surface area contributed by atoms with Crippen LogP contribution in [0.25, 0.3) is 0 Å². The Balaban J connectivity index is 1.50. The third-order valence-corrected chi connectivity index (χ3v) is 5.71. The minimum atomic E-state index is -0.664. The van der Waals surface area contributed by atoms with Crippen LogP contribution in [-0.4, -0.2) is 37.6 Å². The zero-order valence-electron chi connectivity index (χ0n) is 20.7. The van der Waals surface area contributed by atoms with Gasteiger partial charge < -0.3 is 20.1 Å². The number of amides is 2. The molecular weight excluding hydrogens is 484 g/mol. The molecule has 0 radical (unpaired) electrons. The van der Waals surface area contributed by atoms with Gasteiger partial charge in [-0.1, -0.05) is 60.7 Å². The number of anilines is 2. The van der Waals surface area contributed by atoms with Crippen molar-refractivity contribution in [1.29, 1.82) is 0 Å². The summed E-state index contributed by atoms with van der Waals surface area (Å²) in [5.74, 6) is -1.49. The zero-order chi connectivity index (χ0) is 27.1. The van der Waals surface area contributed by atoms with Gasteiger partial charge in [-0.05, 0) is 24.3 Å². The molecule has 0 spiro atoms. The van der Waals surface area contributed by atoms with E-state index in [1.54, 1.807) is 60.7 Å². The summed E-state index contributed by atoms with van der Waals surface area (Å²) in [6, 6.07) is 25.8. The summed E-state index contributed by atoms with van der Waals surface area (Å²) < 4.78 is 10.8. The molecule has 0 saturated heterocycles. The van der Waals surface area contributed by atoms with Crippen LogP contribution in [0.3, 0.4) is 0 Å². The SMILES string of the molecule is COc1cc(NC(=O)c2ccc(C(=O)C(=O)c3ccccc3)cc2)c(OC)cc1NC(=O)c1ccccc1. The molecule has 0 saturated carbocycles. The van der Waals surface area contributed by atoms with Crippen LogP contribution in [0.2, 0.25) is 0 Å². The molecule has 4 aromatic carbocycles. The number of nitrogens with one attached hydrogen (secondary N) is 2. The monoisotopic (exact) mass is 508 g/mol. The van der Waals surface area contributed by atoms with Crippen molar-refractivity contribution >= 4 is 34.8 Å². The Bertz CT molecular complexity index is 1480. The minimum Gasteiger partial charge on any atom is -0.494 e. The van der Waals surface area contributed by atoms with E-state index in [-0.39, 0.29) is 17.0 Å². The average Bonchev–Trinajstić information content (AvgIpc) is 2.97. The average molecular weight is 509 g/mol. The number of methoxy groups -OCH3 is 2. The van der Waals surface area contributed by atoms with Crippen LogP contribution in [0.4, 0.5) is 11.4 Å². The Morgan fingerprint density at radius 3 is 1.26 bits per heavy atom. The van der Waals surface area contributed by atoms with Crippen LogP contribution in [0.5, 0.6) is 11.5 Å². The number of carbonyl (C=O) groups is 4. The van der Waals surface area contributed by atoms with Crippen molar-refractivity contribution in [3.8, 4) is 11.5 Å². The van der Waals surface area contributed by atoms with E-state index in [4.69, 9.17) is 9.47 Å². The Labute approximate surface area is 219 Å². The third kappa shape index (κ3) is 5.76. The predicted octanol–water partition coefficient (Wildman–Crippen LogP) is 5.27. The van der Waals surface area contributed by atoms with Gasteiger partial charge in [-0.15, -0.1) is 0 Å². The second-order valence-electron chi connectivity index (χ2n) is 8.13. The molecule has 4 rings (SSSR count). The first-order valence-corrected chi connectivity index (χ1v) is 11.6. The molecule has 2 N–H and O–H groups in total. The molecule has 190 valence electrons. The highest BCUT2D eigenvalue weighted by molar-refractivity contribution is 6.49. The molecule has 0 unspecified atom stereocenters. The van der Waals surface area contributed by atoms with Crippen LogP contribution < -0.4 is 20.1 Å². The number of ether oxygens (including phenoxy) is 2. The summed E-state index contributed by atoms with van der Waals surface area (Å²) in [4.78, 5) is 50.5. The van der Waals surface area contributed by atoms with Crippen molar-refractivity contribution in [3.63, 3.8) is 0 Å². The fraction of sp³-hybridized carbons (Fsp3) is 0.0667. The second kappa shape index (κ2) is 11.7. The van der Waals surface area contributed by atoms with Crippen molar-refractivity contribution < 1.29 is 28.7 Å². The second-order valence-corrected chi connectivity index (χ2v) is 8.13. The summed E-state index contributed by atoms with van der Waals surface area (Å²) >= 11 is 0. The Hall–Kier alpha value is -5.24. The molecule has 0 bridgehead atoms. The third-order valence-electron chi connectivity index (χ3n) is 5.71. The quantitative estimate of drug-likeness (QED) is 0.235. The number of carbonyl (C=O) groups excluding carboxylic acids is 4. The van der Waals surface area contributed by atoms with Gasteiger partial charge in [-0.3, -0.25) is 19.2 Å². The van der Waals surface area contributed by atoms with Crippen LogP contribution in [-0.2, 0) is 0 Å². The van der Waals surface area contributed by atoms with Crippen LogP contribution in [0.15, 0.2) is 97.1 Å². The highest BCUT2D eigenvalue weighted by Crippen LogP contribution is 2.37. The van der Waals surface area contributed by atoms with E-state index in [2.05, 4.69) is 10.6 Å². The van der Waals surface area contributed by atoms with Crippen molar-refractivity contribution in [2.24, 2.45) is 0 Å². The molecule has 8 heteroatoms. The molecule has 8 nitrogen and oxygen atoms in total. The number of hydrogen-bond donors (Lipinski definition) is 2. The van der Waals surface area contributed by atoms with E-state index < -0.39 is 17.5 Å². The highest BCUT2D eigenvalue weighted by atomic mass is 16.5. The molecular formula is C30H24N2O6. The van der Waals surface area contributed by atoms with Gasteiger partial charge in [0.05, 0.1) is 25.6 Å². The summed E-state index contributed by atoms with van der Waals surface area (Å²) in [5, 5.41) is 5.54. The number of ketones is 2. The van der Waals surface area contributed by atoms with Gasteiger partial charge in [0.25, 0.3) is 11.8 Å². The van der Waals surface area contributed by atoms with E-state index in [1.165, 1.54) is 44.6 Å². The number of benzene rings is 4. The summed E-state index contributed by atoms with van der Waals surface area (Å²) in [5.41, 5.74) is 1.88. The molecule has 0 aliphatic carbocycles. The maximum atomic E-state index is 12.9. The van der Waals surface area contributed by atoms with Gasteiger partial charge in [0.15, 0.2) is 0 Å². The largest absolute Gasteiger partial charge is 0.494 e. The van der Waals surface area contributed by atoms with Gasteiger partial charge in [-0.25, -0.2) is 0 Å². The maximum absolute atomic E-state index is 12.9. The zero-order valence-corrected chi connectivity index (χ0v) is 20.7. The summed E-state index contributed by atoms with van der Waals surface area (Å²) in [6.07, 6.45) is 0. The first-order valence-electron chi connectivity index (χ1n) is 11.6. The minimum absolute atomic E-state index is 0.174. The van der Waals surface area contributed by atoms with Crippen LogP contribution >= 0.6 is 0 Å². The number of hydrogen-bond acceptors (Lipinski definition) is 6. The van der Waals surface area contributed by atoms with Gasteiger partial charge in [0.1, 0.15) is 11.5 Å². The lowest BCUT2D eigenvalue weighted by molar-refractivity contribution is 0.0817. The lowest BCUT2D eigenvalue weighted by atomic mass is 10.0. The summed E-state index contributed by atoms with van der Waals surface area (Å²) in [6.45, 7) is 0. The molecule has 2 amide bonds. The van der Waals surface area contributed by atoms with E-state index in [0.29, 0.717) is 34.0 Å². The molecule has 0 fully saturated rings. The fourth-order valence-electron chi connectivity index (χ4n) is 3.70. The molecule has 0 aromatic heterocycles. The molecule has 38 heavy (non-hydrogen) atoms. The lowest BCUT2D eigenvalue weighted by Crippen LogP contribution is -2.16.